The van der Waals surface area contributed by atoms with Crippen molar-refractivity contribution < 1.29 is 5.11 Å². The van der Waals surface area contributed by atoms with E-state index in [1.807, 2.05) is 66.2 Å². The molecule has 1 aliphatic rings. The molecule has 1 fully saturated rings. The van der Waals surface area contributed by atoms with E-state index < -0.39 is 5.60 Å². The molecule has 0 spiro atoms. The van der Waals surface area contributed by atoms with Gasteiger partial charge in [-0.15, -0.1) is 0 Å². The van der Waals surface area contributed by atoms with Crippen LogP contribution in [0.2, 0.25) is 0 Å². The van der Waals surface area contributed by atoms with Crippen molar-refractivity contribution in [2.45, 2.75) is 51.8 Å². The summed E-state index contributed by atoms with van der Waals surface area (Å²) in [7, 11) is 0. The fourth-order valence-electron chi connectivity index (χ4n) is 4.68. The van der Waals surface area contributed by atoms with E-state index in [0.29, 0.717) is 18.5 Å². The molecule has 5 heterocycles. The normalized spacial score (nSPS) is 15.3. The Morgan fingerprint density at radius 3 is 2.67 bits per heavy atom. The van der Waals surface area contributed by atoms with E-state index in [1.54, 1.807) is 12.4 Å². The molecule has 36 heavy (non-hydrogen) atoms. The number of β-amino-alcohol motifs (C(OH)–C–C–N with tert-alkyl or cyclic N) is 1. The van der Waals surface area contributed by atoms with Gasteiger partial charge in [-0.25, -0.2) is 9.97 Å². The zero-order valence-electron chi connectivity index (χ0n) is 21.0. The molecule has 4 aromatic heterocycles. The average molecular weight is 488 g/mol. The Kier molecular flexibility index (Phi) is 6.80. The summed E-state index contributed by atoms with van der Waals surface area (Å²) in [6.07, 6.45) is 13.2. The van der Waals surface area contributed by atoms with Crippen LogP contribution in [-0.2, 0) is 6.54 Å². The highest BCUT2D eigenvalue weighted by atomic mass is 16.3. The molecule has 1 aliphatic heterocycles. The molecule has 0 amide bonds. The number of piperidine rings is 1. The number of aryl methyl sites for hydroxylation is 1. The van der Waals surface area contributed by atoms with Gasteiger partial charge in [0.1, 0.15) is 5.69 Å². The third-order valence-corrected chi connectivity index (χ3v) is 6.35. The average Bonchev–Trinajstić information content (AvgIpc) is 3.52. The van der Waals surface area contributed by atoms with Gasteiger partial charge < -0.3 is 15.3 Å². The molecule has 0 radical (unpaired) electrons. The smallest absolute Gasteiger partial charge is 0.227 e. The summed E-state index contributed by atoms with van der Waals surface area (Å²) in [6, 6.07) is 6.15. The molecular formula is C26H33N9O. The van der Waals surface area contributed by atoms with Crippen LogP contribution in [0.3, 0.4) is 0 Å². The van der Waals surface area contributed by atoms with Crippen molar-refractivity contribution in [2.75, 3.05) is 25.0 Å². The Morgan fingerprint density at radius 2 is 1.94 bits per heavy atom. The van der Waals surface area contributed by atoms with Gasteiger partial charge in [0.2, 0.25) is 5.95 Å². The molecule has 188 valence electrons. The number of aliphatic hydroxyl groups is 1. The first-order valence-electron chi connectivity index (χ1n) is 12.4. The lowest BCUT2D eigenvalue weighted by Gasteiger charge is -2.35. The molecule has 0 atom stereocenters. The van der Waals surface area contributed by atoms with Crippen LogP contribution >= 0.6 is 0 Å². The summed E-state index contributed by atoms with van der Waals surface area (Å²) in [5.74, 6) is 0.508. The second-order valence-corrected chi connectivity index (χ2v) is 9.91. The molecule has 0 unspecified atom stereocenters. The predicted molar refractivity (Wildman–Crippen MR) is 139 cm³/mol. The molecule has 5 rings (SSSR count). The van der Waals surface area contributed by atoms with Crippen LogP contribution < -0.4 is 5.32 Å². The van der Waals surface area contributed by atoms with Crippen molar-refractivity contribution in [1.29, 1.82) is 0 Å². The van der Waals surface area contributed by atoms with Crippen LogP contribution in [0.4, 0.5) is 11.6 Å². The van der Waals surface area contributed by atoms with Gasteiger partial charge in [-0.05, 0) is 51.8 Å². The number of nitrogens with one attached hydrogen (secondary N) is 1. The molecule has 10 nitrogen and oxygen atoms in total. The number of hydrogen-bond donors (Lipinski definition) is 2. The zero-order chi connectivity index (χ0) is 25.1. The molecule has 4 aromatic rings. The van der Waals surface area contributed by atoms with Crippen molar-refractivity contribution in [3.05, 3.63) is 55.4 Å². The number of hydrogen-bond acceptors (Lipinski definition) is 8. The summed E-state index contributed by atoms with van der Waals surface area (Å²) in [5.41, 5.74) is 3.70. The van der Waals surface area contributed by atoms with Gasteiger partial charge in [0.25, 0.3) is 0 Å². The van der Waals surface area contributed by atoms with Crippen LogP contribution in [0.15, 0.2) is 55.4 Å². The van der Waals surface area contributed by atoms with E-state index in [-0.39, 0.29) is 0 Å². The quantitative estimate of drug-likeness (QED) is 0.387. The van der Waals surface area contributed by atoms with E-state index in [1.165, 1.54) is 0 Å². The van der Waals surface area contributed by atoms with Crippen molar-refractivity contribution >= 4 is 11.6 Å². The lowest BCUT2D eigenvalue weighted by Crippen LogP contribution is -2.43. The molecular weight excluding hydrogens is 454 g/mol. The molecule has 0 aliphatic carbocycles. The summed E-state index contributed by atoms with van der Waals surface area (Å²) >= 11 is 0. The molecule has 2 N–H and O–H groups in total. The minimum Gasteiger partial charge on any atom is -0.389 e. The van der Waals surface area contributed by atoms with Crippen molar-refractivity contribution in [3.63, 3.8) is 0 Å². The monoisotopic (exact) mass is 487 g/mol. The number of anilines is 2. The van der Waals surface area contributed by atoms with Crippen LogP contribution in [0.25, 0.3) is 22.5 Å². The Balaban J connectivity index is 1.30. The van der Waals surface area contributed by atoms with Gasteiger partial charge in [-0.3, -0.25) is 14.3 Å². The maximum Gasteiger partial charge on any atom is 0.227 e. The van der Waals surface area contributed by atoms with E-state index in [0.717, 1.165) is 60.7 Å². The summed E-state index contributed by atoms with van der Waals surface area (Å²) in [6.45, 7) is 9.14. The van der Waals surface area contributed by atoms with Crippen LogP contribution in [0, 0.1) is 0 Å². The van der Waals surface area contributed by atoms with Gasteiger partial charge in [-0.1, -0.05) is 0 Å². The lowest BCUT2D eigenvalue weighted by atomic mass is 10.0. The molecule has 10 heteroatoms. The van der Waals surface area contributed by atoms with E-state index in [4.69, 9.17) is 10.1 Å². The van der Waals surface area contributed by atoms with Crippen LogP contribution in [0.1, 0.15) is 39.7 Å². The van der Waals surface area contributed by atoms with Gasteiger partial charge in [0.05, 0.1) is 29.2 Å². The molecule has 1 saturated heterocycles. The summed E-state index contributed by atoms with van der Waals surface area (Å²) in [5, 5.41) is 22.7. The topological polar surface area (TPSA) is 110 Å². The minimum atomic E-state index is -0.669. The molecule has 0 aromatic carbocycles. The van der Waals surface area contributed by atoms with E-state index >= 15 is 0 Å². The van der Waals surface area contributed by atoms with E-state index in [9.17, 15) is 5.11 Å². The number of aromatic nitrogens is 7. The third-order valence-electron chi connectivity index (χ3n) is 6.35. The van der Waals surface area contributed by atoms with E-state index in [2.05, 4.69) is 32.2 Å². The first kappa shape index (κ1) is 24.1. The Hall–Kier alpha value is -3.63. The number of likely N-dealkylation sites (tertiary alicyclic amines) is 1. The predicted octanol–water partition coefficient (Wildman–Crippen LogP) is 3.77. The largest absolute Gasteiger partial charge is 0.389 e. The van der Waals surface area contributed by atoms with Crippen molar-refractivity contribution in [1.82, 2.24) is 39.4 Å². The van der Waals surface area contributed by atoms with Crippen LogP contribution in [-0.4, -0.2) is 69.8 Å². The van der Waals surface area contributed by atoms with Gasteiger partial charge in [0, 0.05) is 68.3 Å². The first-order valence-corrected chi connectivity index (χ1v) is 12.4. The Bertz CT molecular complexity index is 1280. The zero-order valence-corrected chi connectivity index (χ0v) is 21.0. The van der Waals surface area contributed by atoms with Crippen molar-refractivity contribution in [2.24, 2.45) is 0 Å². The minimum absolute atomic E-state index is 0.341. The standard InChI is InChI=1S/C26H33N9O/c1-4-34-17-22(24(32-34)19-6-5-10-27-14-19)23-7-11-28-25(31-23)30-20-15-29-35(16-20)21-8-12-33(13-9-21)18-26(2,3)36/h5-7,10-11,14-17,21,36H,4,8-9,12-13,18H2,1-3H3,(H,28,30,31). The van der Waals surface area contributed by atoms with Gasteiger partial charge >= 0.3 is 0 Å². The fourth-order valence-corrected chi connectivity index (χ4v) is 4.68. The van der Waals surface area contributed by atoms with Gasteiger partial charge in [0.15, 0.2) is 0 Å². The second kappa shape index (κ2) is 10.2. The Morgan fingerprint density at radius 1 is 1.11 bits per heavy atom. The number of rotatable bonds is 8. The lowest BCUT2D eigenvalue weighted by molar-refractivity contribution is 0.0246. The molecule has 0 bridgehead atoms. The first-order chi connectivity index (χ1) is 17.4. The highest BCUT2D eigenvalue weighted by Gasteiger charge is 2.25. The maximum absolute atomic E-state index is 10.1. The molecule has 0 saturated carbocycles. The highest BCUT2D eigenvalue weighted by Crippen LogP contribution is 2.30. The van der Waals surface area contributed by atoms with Crippen LogP contribution in [0.5, 0.6) is 0 Å². The number of pyridine rings is 1. The summed E-state index contributed by atoms with van der Waals surface area (Å²) in [4.78, 5) is 15.8. The number of nitrogens with zero attached hydrogens (tertiary/aromatic N) is 8. The summed E-state index contributed by atoms with van der Waals surface area (Å²) < 4.78 is 3.93. The third kappa shape index (κ3) is 5.60. The SMILES string of the molecule is CCn1cc(-c2ccnc(Nc3cnn(C4CCN(CC(C)(C)O)CC4)c3)n2)c(-c2cccnc2)n1. The maximum atomic E-state index is 10.1. The highest BCUT2D eigenvalue weighted by molar-refractivity contribution is 5.78. The van der Waals surface area contributed by atoms with Gasteiger partial charge in [-0.2, -0.15) is 10.2 Å². The Labute approximate surface area is 211 Å². The second-order valence-electron chi connectivity index (χ2n) is 9.91. The van der Waals surface area contributed by atoms with Crippen molar-refractivity contribution in [3.8, 4) is 22.5 Å². The fraction of sp³-hybridized carbons (Fsp3) is 0.423.